The molecule has 0 heterocycles. The fourth-order valence-corrected chi connectivity index (χ4v) is 2.16. The zero-order valence-corrected chi connectivity index (χ0v) is 12.2. The summed E-state index contributed by atoms with van der Waals surface area (Å²) in [7, 11) is 0. The summed E-state index contributed by atoms with van der Waals surface area (Å²) in [5.74, 6) is 0.136. The van der Waals surface area contributed by atoms with E-state index in [-0.39, 0.29) is 5.91 Å². The van der Waals surface area contributed by atoms with E-state index in [4.69, 9.17) is 0 Å². The first kappa shape index (κ1) is 14.0. The van der Waals surface area contributed by atoms with E-state index >= 15 is 0 Å². The molecule has 0 unspecified atom stereocenters. The predicted octanol–water partition coefficient (Wildman–Crippen LogP) is 3.04. The van der Waals surface area contributed by atoms with E-state index in [1.165, 1.54) is 0 Å². The molecule has 94 valence electrons. The van der Waals surface area contributed by atoms with Crippen LogP contribution in [0.5, 0.6) is 0 Å². The van der Waals surface area contributed by atoms with E-state index in [0.29, 0.717) is 6.54 Å². The van der Waals surface area contributed by atoms with Crippen molar-refractivity contribution >= 4 is 27.5 Å². The quantitative estimate of drug-likeness (QED) is 0.906. The highest BCUT2D eigenvalue weighted by Gasteiger charge is 2.09. The second kappa shape index (κ2) is 6.64. The predicted molar refractivity (Wildman–Crippen MR) is 75.3 cm³/mol. The third-order valence-electron chi connectivity index (χ3n) is 2.73. The van der Waals surface area contributed by atoms with Crippen molar-refractivity contribution in [1.82, 2.24) is 4.90 Å². The van der Waals surface area contributed by atoms with Crippen LogP contribution < -0.4 is 5.32 Å². The average Bonchev–Trinajstić information content (AvgIpc) is 2.29. The molecular formula is C13H19BrN2O. The van der Waals surface area contributed by atoms with Crippen molar-refractivity contribution in [1.29, 1.82) is 0 Å². The molecule has 0 fully saturated rings. The van der Waals surface area contributed by atoms with Gasteiger partial charge < -0.3 is 10.2 Å². The highest BCUT2D eigenvalue weighted by Crippen LogP contribution is 2.19. The Labute approximate surface area is 111 Å². The number of anilines is 1. The number of nitrogens with zero attached hydrogens (tertiary/aromatic N) is 1. The molecule has 1 amide bonds. The Kier molecular flexibility index (Phi) is 5.48. The summed E-state index contributed by atoms with van der Waals surface area (Å²) in [4.78, 5) is 13.6. The van der Waals surface area contributed by atoms with Crippen molar-refractivity contribution in [2.24, 2.45) is 0 Å². The first-order chi connectivity index (χ1) is 8.08. The number of hydrogen-bond donors (Lipinski definition) is 1. The standard InChI is InChI=1S/C13H19BrN2O/c1-4-16(5-2)13(17)9-15-12-7-6-11(14)8-10(12)3/h6-8,15H,4-5,9H2,1-3H3. The molecule has 0 bridgehead atoms. The summed E-state index contributed by atoms with van der Waals surface area (Å²) in [6, 6.07) is 5.98. The second-order valence-corrected chi connectivity index (χ2v) is 4.79. The zero-order chi connectivity index (χ0) is 12.8. The van der Waals surface area contributed by atoms with Crippen LogP contribution in [0.3, 0.4) is 0 Å². The van der Waals surface area contributed by atoms with Gasteiger partial charge in [0.15, 0.2) is 0 Å². The van der Waals surface area contributed by atoms with Crippen LogP contribution in [0, 0.1) is 6.92 Å². The fraction of sp³-hybridized carbons (Fsp3) is 0.462. The Hall–Kier alpha value is -1.03. The Bertz CT molecular complexity index is 389. The first-order valence-electron chi connectivity index (χ1n) is 5.86. The highest BCUT2D eigenvalue weighted by molar-refractivity contribution is 9.10. The Morgan fingerprint density at radius 1 is 1.35 bits per heavy atom. The van der Waals surface area contributed by atoms with Gasteiger partial charge in [0, 0.05) is 23.2 Å². The summed E-state index contributed by atoms with van der Waals surface area (Å²) in [6.45, 7) is 7.88. The van der Waals surface area contributed by atoms with Gasteiger partial charge >= 0.3 is 0 Å². The number of carbonyl (C=O) groups is 1. The average molecular weight is 299 g/mol. The number of aryl methyl sites for hydroxylation is 1. The van der Waals surface area contributed by atoms with Gasteiger partial charge in [0.1, 0.15) is 0 Å². The van der Waals surface area contributed by atoms with E-state index in [9.17, 15) is 4.79 Å². The molecule has 3 nitrogen and oxygen atoms in total. The van der Waals surface area contributed by atoms with Gasteiger partial charge in [0.2, 0.25) is 5.91 Å². The van der Waals surface area contributed by atoms with E-state index in [2.05, 4.69) is 21.2 Å². The third-order valence-corrected chi connectivity index (χ3v) is 3.23. The van der Waals surface area contributed by atoms with Crippen LogP contribution in [-0.2, 0) is 4.79 Å². The number of benzene rings is 1. The molecule has 0 aliphatic rings. The molecule has 0 aliphatic carbocycles. The molecular weight excluding hydrogens is 280 g/mol. The summed E-state index contributed by atoms with van der Waals surface area (Å²) < 4.78 is 1.05. The second-order valence-electron chi connectivity index (χ2n) is 3.88. The van der Waals surface area contributed by atoms with Crippen LogP contribution >= 0.6 is 15.9 Å². The van der Waals surface area contributed by atoms with E-state index in [1.54, 1.807) is 0 Å². The maximum atomic E-state index is 11.8. The lowest BCUT2D eigenvalue weighted by Gasteiger charge is -2.19. The molecule has 0 aromatic heterocycles. The minimum atomic E-state index is 0.136. The highest BCUT2D eigenvalue weighted by atomic mass is 79.9. The molecule has 0 saturated carbocycles. The van der Waals surface area contributed by atoms with Gasteiger partial charge in [0.05, 0.1) is 6.54 Å². The van der Waals surface area contributed by atoms with E-state index in [1.807, 2.05) is 43.9 Å². The zero-order valence-electron chi connectivity index (χ0n) is 10.6. The van der Waals surface area contributed by atoms with Crippen molar-refractivity contribution < 1.29 is 4.79 Å². The molecule has 1 N–H and O–H groups in total. The van der Waals surface area contributed by atoms with Gasteiger partial charge in [-0.1, -0.05) is 15.9 Å². The van der Waals surface area contributed by atoms with Crippen LogP contribution in [-0.4, -0.2) is 30.4 Å². The number of halogens is 1. The van der Waals surface area contributed by atoms with Gasteiger partial charge in [-0.25, -0.2) is 0 Å². The summed E-state index contributed by atoms with van der Waals surface area (Å²) in [5.41, 5.74) is 2.14. The van der Waals surface area contributed by atoms with Crippen LogP contribution in [0.2, 0.25) is 0 Å². The van der Waals surface area contributed by atoms with Crippen molar-refractivity contribution in [3.63, 3.8) is 0 Å². The van der Waals surface area contributed by atoms with Crippen molar-refractivity contribution in [2.45, 2.75) is 20.8 Å². The van der Waals surface area contributed by atoms with E-state index in [0.717, 1.165) is 28.8 Å². The molecule has 0 aliphatic heterocycles. The van der Waals surface area contributed by atoms with Crippen molar-refractivity contribution in [3.8, 4) is 0 Å². The molecule has 0 saturated heterocycles. The molecule has 0 atom stereocenters. The fourth-order valence-electron chi connectivity index (χ4n) is 1.68. The van der Waals surface area contributed by atoms with Gasteiger partial charge in [-0.2, -0.15) is 0 Å². The summed E-state index contributed by atoms with van der Waals surface area (Å²) in [5, 5.41) is 3.18. The first-order valence-corrected chi connectivity index (χ1v) is 6.65. The molecule has 1 rings (SSSR count). The largest absolute Gasteiger partial charge is 0.376 e. The lowest BCUT2D eigenvalue weighted by atomic mass is 10.2. The van der Waals surface area contributed by atoms with E-state index < -0.39 is 0 Å². The van der Waals surface area contributed by atoms with Gasteiger partial charge in [-0.15, -0.1) is 0 Å². The van der Waals surface area contributed by atoms with Crippen LogP contribution in [0.25, 0.3) is 0 Å². The molecule has 1 aromatic carbocycles. The van der Waals surface area contributed by atoms with Crippen LogP contribution in [0.1, 0.15) is 19.4 Å². The maximum Gasteiger partial charge on any atom is 0.241 e. The van der Waals surface area contributed by atoms with Crippen LogP contribution in [0.4, 0.5) is 5.69 Å². The lowest BCUT2D eigenvalue weighted by Crippen LogP contribution is -2.35. The third kappa shape index (κ3) is 4.04. The molecule has 1 aromatic rings. The number of nitrogens with one attached hydrogen (secondary N) is 1. The monoisotopic (exact) mass is 298 g/mol. The molecule has 0 spiro atoms. The number of likely N-dealkylation sites (N-methyl/N-ethyl adjacent to an activating group) is 1. The van der Waals surface area contributed by atoms with Gasteiger partial charge in [-0.3, -0.25) is 4.79 Å². The molecule has 4 heteroatoms. The maximum absolute atomic E-state index is 11.8. The van der Waals surface area contributed by atoms with Gasteiger partial charge in [0.25, 0.3) is 0 Å². The SMILES string of the molecule is CCN(CC)C(=O)CNc1ccc(Br)cc1C. The number of hydrogen-bond acceptors (Lipinski definition) is 2. The number of rotatable bonds is 5. The molecule has 17 heavy (non-hydrogen) atoms. The van der Waals surface area contributed by atoms with Crippen LogP contribution in [0.15, 0.2) is 22.7 Å². The minimum Gasteiger partial charge on any atom is -0.376 e. The normalized spacial score (nSPS) is 10.1. The molecule has 0 radical (unpaired) electrons. The topological polar surface area (TPSA) is 32.3 Å². The smallest absolute Gasteiger partial charge is 0.241 e. The minimum absolute atomic E-state index is 0.136. The summed E-state index contributed by atoms with van der Waals surface area (Å²) in [6.07, 6.45) is 0. The summed E-state index contributed by atoms with van der Waals surface area (Å²) >= 11 is 3.42. The Balaban J connectivity index is 2.58. The van der Waals surface area contributed by atoms with Crippen molar-refractivity contribution in [3.05, 3.63) is 28.2 Å². The lowest BCUT2D eigenvalue weighted by molar-refractivity contribution is -0.128. The Morgan fingerprint density at radius 3 is 2.53 bits per heavy atom. The number of amides is 1. The Morgan fingerprint density at radius 2 is 2.00 bits per heavy atom. The number of carbonyl (C=O) groups excluding carboxylic acids is 1. The van der Waals surface area contributed by atoms with Crippen molar-refractivity contribution in [2.75, 3.05) is 25.0 Å². The van der Waals surface area contributed by atoms with Gasteiger partial charge in [-0.05, 0) is 44.5 Å².